The van der Waals surface area contributed by atoms with Crippen molar-refractivity contribution in [3.63, 3.8) is 0 Å². The maximum absolute atomic E-state index is 13.2. The number of nitrogens with zero attached hydrogens (tertiary/aromatic N) is 2. The fraction of sp³-hybridized carbons (Fsp3) is 0.120. The van der Waals surface area contributed by atoms with Crippen LogP contribution in [0.3, 0.4) is 0 Å². The molecule has 0 spiro atoms. The number of nitro benzene ring substituents is 1. The molecule has 4 rings (SSSR count). The van der Waals surface area contributed by atoms with Crippen molar-refractivity contribution >= 4 is 28.8 Å². The van der Waals surface area contributed by atoms with E-state index in [1.807, 2.05) is 19.9 Å². The molecule has 1 atom stereocenters. The summed E-state index contributed by atoms with van der Waals surface area (Å²) in [6.45, 7) is 3.80. The number of benzene rings is 3. The van der Waals surface area contributed by atoms with Crippen molar-refractivity contribution in [2.24, 2.45) is 0 Å². The molecular formula is C25H20N2O6. The van der Waals surface area contributed by atoms with E-state index in [0.717, 1.165) is 17.2 Å². The first kappa shape index (κ1) is 21.8. The minimum absolute atomic E-state index is 0.0347. The van der Waals surface area contributed by atoms with Crippen LogP contribution in [0.4, 0.5) is 11.4 Å². The van der Waals surface area contributed by atoms with Gasteiger partial charge in [-0.25, -0.2) is 0 Å². The molecule has 0 radical (unpaired) electrons. The zero-order chi connectivity index (χ0) is 23.9. The van der Waals surface area contributed by atoms with Gasteiger partial charge in [0.2, 0.25) is 0 Å². The monoisotopic (exact) mass is 444 g/mol. The molecule has 1 aliphatic rings. The Balaban J connectivity index is 1.97. The second kappa shape index (κ2) is 8.23. The number of aromatic hydroxyl groups is 1. The normalized spacial score (nSPS) is 17.4. The lowest BCUT2D eigenvalue weighted by molar-refractivity contribution is -0.384. The highest BCUT2D eigenvalue weighted by Gasteiger charge is 2.47. The second-order valence-corrected chi connectivity index (χ2v) is 7.84. The number of anilines is 1. The van der Waals surface area contributed by atoms with Crippen LogP contribution < -0.4 is 4.90 Å². The van der Waals surface area contributed by atoms with Crippen molar-refractivity contribution in [3.8, 4) is 5.75 Å². The van der Waals surface area contributed by atoms with Crippen LogP contribution in [0.1, 0.15) is 28.3 Å². The molecule has 0 bridgehead atoms. The summed E-state index contributed by atoms with van der Waals surface area (Å²) < 4.78 is 0. The molecule has 1 aliphatic heterocycles. The van der Waals surface area contributed by atoms with E-state index in [-0.39, 0.29) is 22.6 Å². The fourth-order valence-electron chi connectivity index (χ4n) is 3.91. The number of amides is 1. The van der Waals surface area contributed by atoms with Gasteiger partial charge in [0.1, 0.15) is 11.5 Å². The van der Waals surface area contributed by atoms with Gasteiger partial charge in [0.25, 0.3) is 17.4 Å². The van der Waals surface area contributed by atoms with Gasteiger partial charge in [-0.3, -0.25) is 24.6 Å². The third-order valence-corrected chi connectivity index (χ3v) is 5.73. The maximum atomic E-state index is 13.2. The Morgan fingerprint density at radius 3 is 2.36 bits per heavy atom. The van der Waals surface area contributed by atoms with E-state index in [1.54, 1.807) is 24.3 Å². The van der Waals surface area contributed by atoms with E-state index in [1.165, 1.54) is 35.2 Å². The molecule has 33 heavy (non-hydrogen) atoms. The van der Waals surface area contributed by atoms with E-state index in [9.17, 15) is 29.9 Å². The highest BCUT2D eigenvalue weighted by molar-refractivity contribution is 6.51. The van der Waals surface area contributed by atoms with Crippen molar-refractivity contribution in [1.29, 1.82) is 0 Å². The number of carbonyl (C=O) groups is 2. The van der Waals surface area contributed by atoms with Gasteiger partial charge < -0.3 is 10.2 Å². The van der Waals surface area contributed by atoms with Crippen LogP contribution in [0.2, 0.25) is 0 Å². The molecule has 2 N–H and O–H groups in total. The van der Waals surface area contributed by atoms with E-state index in [2.05, 4.69) is 0 Å². The van der Waals surface area contributed by atoms with Crippen molar-refractivity contribution in [3.05, 3.63) is 105 Å². The Morgan fingerprint density at radius 1 is 0.970 bits per heavy atom. The zero-order valence-corrected chi connectivity index (χ0v) is 17.9. The third-order valence-electron chi connectivity index (χ3n) is 5.73. The van der Waals surface area contributed by atoms with Gasteiger partial charge in [-0.05, 0) is 54.8 Å². The van der Waals surface area contributed by atoms with Gasteiger partial charge in [-0.15, -0.1) is 0 Å². The first-order valence-electron chi connectivity index (χ1n) is 10.1. The molecular weight excluding hydrogens is 424 g/mol. The quantitative estimate of drug-likeness (QED) is 0.200. The fourth-order valence-corrected chi connectivity index (χ4v) is 3.91. The summed E-state index contributed by atoms with van der Waals surface area (Å²) in [5, 5.41) is 32.3. The lowest BCUT2D eigenvalue weighted by atomic mass is 9.94. The molecule has 1 amide bonds. The highest BCUT2D eigenvalue weighted by atomic mass is 16.6. The van der Waals surface area contributed by atoms with Crippen LogP contribution >= 0.6 is 0 Å². The number of ketones is 1. The van der Waals surface area contributed by atoms with Gasteiger partial charge in [0, 0.05) is 23.4 Å². The Hall–Kier alpha value is -4.46. The van der Waals surface area contributed by atoms with Crippen LogP contribution in [0.15, 0.2) is 72.3 Å². The number of aryl methyl sites for hydroxylation is 2. The largest absolute Gasteiger partial charge is 0.508 e. The molecule has 8 heteroatoms. The van der Waals surface area contributed by atoms with E-state index < -0.39 is 28.4 Å². The number of hydrogen-bond acceptors (Lipinski definition) is 6. The van der Waals surface area contributed by atoms with Gasteiger partial charge in [-0.1, -0.05) is 30.3 Å². The van der Waals surface area contributed by atoms with Crippen molar-refractivity contribution < 1.29 is 24.7 Å². The van der Waals surface area contributed by atoms with Crippen LogP contribution in [-0.4, -0.2) is 26.8 Å². The van der Waals surface area contributed by atoms with Crippen LogP contribution in [0.5, 0.6) is 5.75 Å². The molecule has 1 unspecified atom stereocenters. The Labute approximate surface area is 189 Å². The molecule has 1 saturated heterocycles. The van der Waals surface area contributed by atoms with Crippen LogP contribution in [0.25, 0.3) is 5.76 Å². The summed E-state index contributed by atoms with van der Waals surface area (Å²) in [4.78, 5) is 38.1. The predicted molar refractivity (Wildman–Crippen MR) is 122 cm³/mol. The SMILES string of the molecule is Cc1ccc(N2C(=O)C(=O)/C(=C(\O)c3cccc([N+](=O)[O-])c3)C2c2cccc(O)c2)cc1C. The van der Waals surface area contributed by atoms with Gasteiger partial charge in [-0.2, -0.15) is 0 Å². The molecule has 3 aromatic carbocycles. The topological polar surface area (TPSA) is 121 Å². The average Bonchev–Trinajstić information content (AvgIpc) is 3.06. The third kappa shape index (κ3) is 3.82. The van der Waals surface area contributed by atoms with Crippen molar-refractivity contribution in [2.45, 2.75) is 19.9 Å². The lowest BCUT2D eigenvalue weighted by Crippen LogP contribution is -2.29. The van der Waals surface area contributed by atoms with Crippen LogP contribution in [0, 0.1) is 24.0 Å². The number of non-ortho nitro benzene ring substituents is 1. The van der Waals surface area contributed by atoms with E-state index in [0.29, 0.717) is 11.3 Å². The average molecular weight is 444 g/mol. The number of nitro groups is 1. The lowest BCUT2D eigenvalue weighted by Gasteiger charge is -2.26. The van der Waals surface area contributed by atoms with Gasteiger partial charge >= 0.3 is 0 Å². The number of aliphatic hydroxyl groups is 1. The van der Waals surface area contributed by atoms with Gasteiger partial charge in [0.05, 0.1) is 16.5 Å². The number of phenolic OH excluding ortho intramolecular Hbond substituents is 1. The molecule has 1 heterocycles. The number of hydrogen-bond donors (Lipinski definition) is 2. The predicted octanol–water partition coefficient (Wildman–Crippen LogP) is 4.54. The molecule has 166 valence electrons. The number of phenols is 1. The summed E-state index contributed by atoms with van der Waals surface area (Å²) >= 11 is 0. The molecule has 3 aromatic rings. The summed E-state index contributed by atoms with van der Waals surface area (Å²) in [5.74, 6) is -2.38. The summed E-state index contributed by atoms with van der Waals surface area (Å²) in [5.41, 5.74) is 2.31. The minimum Gasteiger partial charge on any atom is -0.508 e. The van der Waals surface area contributed by atoms with E-state index in [4.69, 9.17) is 0 Å². The van der Waals surface area contributed by atoms with Crippen LogP contribution in [-0.2, 0) is 9.59 Å². The first-order chi connectivity index (χ1) is 15.7. The molecule has 0 saturated carbocycles. The molecule has 0 aromatic heterocycles. The zero-order valence-electron chi connectivity index (χ0n) is 17.9. The molecule has 8 nitrogen and oxygen atoms in total. The smallest absolute Gasteiger partial charge is 0.300 e. The maximum Gasteiger partial charge on any atom is 0.300 e. The summed E-state index contributed by atoms with van der Waals surface area (Å²) in [6.07, 6.45) is 0. The number of carbonyl (C=O) groups excluding carboxylic acids is 2. The minimum atomic E-state index is -1.04. The summed E-state index contributed by atoms with van der Waals surface area (Å²) in [7, 11) is 0. The van der Waals surface area contributed by atoms with Crippen molar-refractivity contribution in [2.75, 3.05) is 4.90 Å². The first-order valence-corrected chi connectivity index (χ1v) is 10.1. The van der Waals surface area contributed by atoms with E-state index >= 15 is 0 Å². The number of aliphatic hydroxyl groups excluding tert-OH is 1. The second-order valence-electron chi connectivity index (χ2n) is 7.84. The Morgan fingerprint density at radius 2 is 1.70 bits per heavy atom. The molecule has 0 aliphatic carbocycles. The highest BCUT2D eigenvalue weighted by Crippen LogP contribution is 2.43. The molecule has 1 fully saturated rings. The van der Waals surface area contributed by atoms with Gasteiger partial charge in [0.15, 0.2) is 0 Å². The Kier molecular flexibility index (Phi) is 5.43. The van der Waals surface area contributed by atoms with Crippen molar-refractivity contribution in [1.82, 2.24) is 0 Å². The number of rotatable bonds is 4. The standard InChI is InChI=1S/C25H20N2O6/c1-14-9-10-18(11-15(14)2)26-22(16-5-4-8-20(28)13-16)21(24(30)25(26)31)23(29)17-6-3-7-19(12-17)27(32)33/h3-13,22,28-29H,1-2H3/b23-21-. The Bertz CT molecular complexity index is 1340. The number of Topliss-reactive ketones (excluding diaryl/α,β-unsaturated/α-hetero) is 1. The summed E-state index contributed by atoms with van der Waals surface area (Å²) in [6, 6.07) is 15.5.